The van der Waals surface area contributed by atoms with Crippen molar-refractivity contribution in [2.75, 3.05) is 20.1 Å². The monoisotopic (exact) mass is 171 g/mol. The van der Waals surface area contributed by atoms with Gasteiger partial charge in [0.2, 0.25) is 0 Å². The number of unbranched alkanes of at least 4 members (excludes halogenated alkanes) is 1. The average Bonchev–Trinajstić information content (AvgIpc) is 2.10. The standard InChI is InChI=1S/C9H21N3/c1-4-6-8-12(3)9(10)11-7-5-2/h4-8H2,1-3H3,(H2,10,11). The third kappa shape index (κ3) is 4.99. The molecular formula is C9H21N3. The maximum atomic E-state index is 5.72. The summed E-state index contributed by atoms with van der Waals surface area (Å²) in [4.78, 5) is 6.23. The molecule has 0 radical (unpaired) electrons. The molecule has 0 heterocycles. The van der Waals surface area contributed by atoms with Crippen molar-refractivity contribution in [2.45, 2.75) is 33.1 Å². The molecule has 0 atom stereocenters. The van der Waals surface area contributed by atoms with Crippen molar-refractivity contribution in [3.63, 3.8) is 0 Å². The molecule has 0 aromatic carbocycles. The van der Waals surface area contributed by atoms with Crippen molar-refractivity contribution in [3.05, 3.63) is 0 Å². The van der Waals surface area contributed by atoms with Crippen LogP contribution in [0.25, 0.3) is 0 Å². The Morgan fingerprint density at radius 3 is 2.50 bits per heavy atom. The van der Waals surface area contributed by atoms with Crippen LogP contribution in [-0.4, -0.2) is 31.0 Å². The van der Waals surface area contributed by atoms with Gasteiger partial charge in [-0.3, -0.25) is 4.99 Å². The molecule has 0 fully saturated rings. The SMILES string of the molecule is CCCCN(C)C(N)=NCCC. The van der Waals surface area contributed by atoms with E-state index < -0.39 is 0 Å². The van der Waals surface area contributed by atoms with Gasteiger partial charge >= 0.3 is 0 Å². The Labute approximate surface area is 75.7 Å². The second-order valence-electron chi connectivity index (χ2n) is 3.02. The van der Waals surface area contributed by atoms with E-state index in [9.17, 15) is 0 Å². The minimum absolute atomic E-state index is 0.672. The fourth-order valence-corrected chi connectivity index (χ4v) is 0.857. The van der Waals surface area contributed by atoms with Gasteiger partial charge in [0, 0.05) is 20.1 Å². The molecule has 72 valence electrons. The molecule has 0 aliphatic carbocycles. The summed E-state index contributed by atoms with van der Waals surface area (Å²) in [5, 5.41) is 0. The lowest BCUT2D eigenvalue weighted by Crippen LogP contribution is -2.34. The van der Waals surface area contributed by atoms with Crippen LogP contribution in [0.15, 0.2) is 4.99 Å². The number of aliphatic imine (C=N–C) groups is 1. The third-order valence-electron chi connectivity index (χ3n) is 1.74. The van der Waals surface area contributed by atoms with Crippen LogP contribution in [0, 0.1) is 0 Å². The molecule has 0 amide bonds. The van der Waals surface area contributed by atoms with Gasteiger partial charge in [0.1, 0.15) is 0 Å². The van der Waals surface area contributed by atoms with Gasteiger partial charge in [0.15, 0.2) is 5.96 Å². The van der Waals surface area contributed by atoms with Crippen LogP contribution < -0.4 is 5.73 Å². The molecule has 0 spiro atoms. The zero-order valence-corrected chi connectivity index (χ0v) is 8.51. The van der Waals surface area contributed by atoms with Crippen LogP contribution in [0.1, 0.15) is 33.1 Å². The minimum atomic E-state index is 0.672. The summed E-state index contributed by atoms with van der Waals surface area (Å²) in [5.74, 6) is 0.672. The molecule has 0 saturated heterocycles. The van der Waals surface area contributed by atoms with Gasteiger partial charge in [0.25, 0.3) is 0 Å². The summed E-state index contributed by atoms with van der Waals surface area (Å²) < 4.78 is 0. The molecule has 12 heavy (non-hydrogen) atoms. The molecule has 3 heteroatoms. The highest BCUT2D eigenvalue weighted by Gasteiger charge is 1.98. The minimum Gasteiger partial charge on any atom is -0.370 e. The lowest BCUT2D eigenvalue weighted by Gasteiger charge is -2.17. The Morgan fingerprint density at radius 1 is 1.33 bits per heavy atom. The zero-order chi connectivity index (χ0) is 9.40. The number of guanidine groups is 1. The summed E-state index contributed by atoms with van der Waals surface area (Å²) in [6.07, 6.45) is 3.44. The molecule has 0 aliphatic heterocycles. The second kappa shape index (κ2) is 6.95. The van der Waals surface area contributed by atoms with Gasteiger partial charge in [0.05, 0.1) is 0 Å². The summed E-state index contributed by atoms with van der Waals surface area (Å²) in [6, 6.07) is 0. The van der Waals surface area contributed by atoms with E-state index in [4.69, 9.17) is 5.73 Å². The molecule has 0 bridgehead atoms. The highest BCUT2D eigenvalue weighted by Crippen LogP contribution is 1.91. The molecule has 0 saturated carbocycles. The van der Waals surface area contributed by atoms with Crippen molar-refractivity contribution in [1.29, 1.82) is 0 Å². The van der Waals surface area contributed by atoms with Crippen molar-refractivity contribution in [3.8, 4) is 0 Å². The Bertz CT molecular complexity index is 132. The molecular weight excluding hydrogens is 150 g/mol. The van der Waals surface area contributed by atoms with Gasteiger partial charge < -0.3 is 10.6 Å². The van der Waals surface area contributed by atoms with E-state index in [0.717, 1.165) is 19.5 Å². The molecule has 2 N–H and O–H groups in total. The normalized spacial score (nSPS) is 11.8. The van der Waals surface area contributed by atoms with Crippen LogP contribution in [-0.2, 0) is 0 Å². The maximum Gasteiger partial charge on any atom is 0.190 e. The van der Waals surface area contributed by atoms with E-state index in [0.29, 0.717) is 5.96 Å². The van der Waals surface area contributed by atoms with Gasteiger partial charge in [-0.25, -0.2) is 0 Å². The fourth-order valence-electron chi connectivity index (χ4n) is 0.857. The van der Waals surface area contributed by atoms with E-state index in [1.807, 2.05) is 11.9 Å². The molecule has 0 aliphatic rings. The maximum absolute atomic E-state index is 5.72. The Morgan fingerprint density at radius 2 is 2.00 bits per heavy atom. The number of hydrogen-bond donors (Lipinski definition) is 1. The molecule has 0 aromatic rings. The van der Waals surface area contributed by atoms with E-state index >= 15 is 0 Å². The van der Waals surface area contributed by atoms with E-state index in [-0.39, 0.29) is 0 Å². The Kier molecular flexibility index (Phi) is 6.53. The van der Waals surface area contributed by atoms with Crippen LogP contribution in [0.5, 0.6) is 0 Å². The summed E-state index contributed by atoms with van der Waals surface area (Å²) in [5.41, 5.74) is 5.72. The summed E-state index contributed by atoms with van der Waals surface area (Å²) in [6.45, 7) is 6.12. The number of nitrogens with zero attached hydrogens (tertiary/aromatic N) is 2. The average molecular weight is 171 g/mol. The summed E-state index contributed by atoms with van der Waals surface area (Å²) >= 11 is 0. The molecule has 0 unspecified atom stereocenters. The van der Waals surface area contributed by atoms with Crippen molar-refractivity contribution in [2.24, 2.45) is 10.7 Å². The molecule has 0 aromatic heterocycles. The van der Waals surface area contributed by atoms with E-state index in [1.165, 1.54) is 12.8 Å². The van der Waals surface area contributed by atoms with E-state index in [1.54, 1.807) is 0 Å². The molecule has 0 rings (SSSR count). The number of nitrogens with two attached hydrogens (primary N) is 1. The first-order valence-corrected chi connectivity index (χ1v) is 4.73. The van der Waals surface area contributed by atoms with Crippen LogP contribution >= 0.6 is 0 Å². The quantitative estimate of drug-likeness (QED) is 0.502. The number of hydrogen-bond acceptors (Lipinski definition) is 1. The van der Waals surface area contributed by atoms with Gasteiger partial charge in [-0.15, -0.1) is 0 Å². The second-order valence-corrected chi connectivity index (χ2v) is 3.02. The Hall–Kier alpha value is -0.730. The van der Waals surface area contributed by atoms with Crippen molar-refractivity contribution in [1.82, 2.24) is 4.90 Å². The fraction of sp³-hybridized carbons (Fsp3) is 0.889. The molecule has 3 nitrogen and oxygen atoms in total. The van der Waals surface area contributed by atoms with Gasteiger partial charge in [-0.05, 0) is 12.8 Å². The van der Waals surface area contributed by atoms with Crippen LogP contribution in [0.3, 0.4) is 0 Å². The highest BCUT2D eigenvalue weighted by atomic mass is 15.2. The zero-order valence-electron chi connectivity index (χ0n) is 8.51. The first-order valence-electron chi connectivity index (χ1n) is 4.73. The van der Waals surface area contributed by atoms with Crippen molar-refractivity contribution < 1.29 is 0 Å². The first kappa shape index (κ1) is 11.3. The lowest BCUT2D eigenvalue weighted by atomic mass is 10.3. The topological polar surface area (TPSA) is 41.6 Å². The van der Waals surface area contributed by atoms with Crippen LogP contribution in [0.4, 0.5) is 0 Å². The van der Waals surface area contributed by atoms with Crippen LogP contribution in [0.2, 0.25) is 0 Å². The predicted molar refractivity (Wildman–Crippen MR) is 54.3 cm³/mol. The highest BCUT2D eigenvalue weighted by molar-refractivity contribution is 5.77. The van der Waals surface area contributed by atoms with Gasteiger partial charge in [-0.2, -0.15) is 0 Å². The smallest absolute Gasteiger partial charge is 0.190 e. The van der Waals surface area contributed by atoms with Crippen molar-refractivity contribution >= 4 is 5.96 Å². The Balaban J connectivity index is 3.66. The predicted octanol–water partition coefficient (Wildman–Crippen LogP) is 1.44. The largest absolute Gasteiger partial charge is 0.370 e. The number of rotatable bonds is 5. The van der Waals surface area contributed by atoms with Gasteiger partial charge in [-0.1, -0.05) is 20.3 Å². The van der Waals surface area contributed by atoms with E-state index in [2.05, 4.69) is 18.8 Å². The third-order valence-corrected chi connectivity index (χ3v) is 1.74. The lowest BCUT2D eigenvalue weighted by molar-refractivity contribution is 0.477. The first-order chi connectivity index (χ1) is 5.72. The summed E-state index contributed by atoms with van der Waals surface area (Å²) in [7, 11) is 1.99.